The van der Waals surface area contributed by atoms with E-state index in [0.717, 1.165) is 5.56 Å². The lowest BCUT2D eigenvalue weighted by molar-refractivity contribution is -0.143. The number of aliphatic carboxylic acids is 1. The summed E-state index contributed by atoms with van der Waals surface area (Å²) >= 11 is 0. The number of fused-ring (bicyclic) bond motifs is 2. The molecule has 2 aliphatic heterocycles. The smallest absolute Gasteiger partial charge is 0.326 e. The minimum atomic E-state index is -1.11. The van der Waals surface area contributed by atoms with Gasteiger partial charge in [0.05, 0.1) is 5.56 Å². The van der Waals surface area contributed by atoms with Crippen LogP contribution < -0.4 is 24.3 Å². The molecule has 0 saturated heterocycles. The zero-order chi connectivity index (χ0) is 22.8. The lowest BCUT2D eigenvalue weighted by atomic mass is 10.1. The van der Waals surface area contributed by atoms with Gasteiger partial charge in [0.25, 0.3) is 5.91 Å². The molecule has 0 aliphatic carbocycles. The third-order valence-corrected chi connectivity index (χ3v) is 4.95. The molecule has 0 aromatic heterocycles. The zero-order valence-electron chi connectivity index (χ0n) is 17.4. The number of carbonyl (C=O) groups is 3. The molecule has 1 amide bonds. The number of carboxylic acids is 1. The van der Waals surface area contributed by atoms with E-state index in [1.807, 2.05) is 0 Å². The van der Waals surface area contributed by atoms with Crippen LogP contribution in [0.1, 0.15) is 29.8 Å². The van der Waals surface area contributed by atoms with Crippen molar-refractivity contribution in [1.29, 1.82) is 0 Å². The van der Waals surface area contributed by atoms with E-state index in [9.17, 15) is 14.4 Å². The Balaban J connectivity index is 1.42. The van der Waals surface area contributed by atoms with E-state index in [4.69, 9.17) is 24.1 Å². The highest BCUT2D eigenvalue weighted by Gasteiger charge is 2.28. The quantitative estimate of drug-likeness (QED) is 0.632. The molecule has 0 unspecified atom stereocenters. The molecule has 9 heteroatoms. The number of rotatable bonds is 7. The number of hydrogen-bond acceptors (Lipinski definition) is 7. The number of benzene rings is 2. The summed E-state index contributed by atoms with van der Waals surface area (Å²) in [6.07, 6.45) is 1.61. The van der Waals surface area contributed by atoms with Gasteiger partial charge in [-0.15, -0.1) is 0 Å². The lowest BCUT2D eigenvalue weighted by Crippen LogP contribution is -2.46. The van der Waals surface area contributed by atoms with Crippen LogP contribution in [-0.2, 0) is 9.59 Å². The molecule has 4 rings (SSSR count). The third kappa shape index (κ3) is 4.36. The number of nitrogens with one attached hydrogen (secondary N) is 1. The van der Waals surface area contributed by atoms with Crippen molar-refractivity contribution in [2.24, 2.45) is 5.92 Å². The van der Waals surface area contributed by atoms with E-state index in [1.165, 1.54) is 6.07 Å². The van der Waals surface area contributed by atoms with Crippen molar-refractivity contribution < 1.29 is 38.4 Å². The van der Waals surface area contributed by atoms with Crippen molar-refractivity contribution in [2.75, 3.05) is 13.4 Å². The van der Waals surface area contributed by atoms with Gasteiger partial charge in [-0.2, -0.15) is 0 Å². The van der Waals surface area contributed by atoms with Crippen LogP contribution in [0.2, 0.25) is 0 Å². The lowest BCUT2D eigenvalue weighted by Gasteiger charge is -2.18. The average molecular weight is 439 g/mol. The third-order valence-electron chi connectivity index (χ3n) is 4.95. The molecule has 2 aromatic carbocycles. The maximum Gasteiger partial charge on any atom is 0.326 e. The molecule has 9 nitrogen and oxygen atoms in total. The van der Waals surface area contributed by atoms with Crippen LogP contribution in [0.4, 0.5) is 0 Å². The Morgan fingerprint density at radius 1 is 1.12 bits per heavy atom. The molecule has 2 aromatic rings. The Morgan fingerprint density at radius 2 is 1.91 bits per heavy atom. The molecule has 0 radical (unpaired) electrons. The number of ether oxygens (including phenoxy) is 4. The molecule has 1 atom stereocenters. The van der Waals surface area contributed by atoms with Crippen molar-refractivity contribution in [3.05, 3.63) is 53.3 Å². The normalized spacial score (nSPS) is 16.0. The Morgan fingerprint density at radius 3 is 2.66 bits per heavy atom. The van der Waals surface area contributed by atoms with Gasteiger partial charge < -0.3 is 29.4 Å². The molecular weight excluding hydrogens is 418 g/mol. The summed E-state index contributed by atoms with van der Waals surface area (Å²) in [4.78, 5) is 35.9. The maximum atomic E-state index is 12.7. The second-order valence-corrected chi connectivity index (χ2v) is 7.63. The van der Waals surface area contributed by atoms with Gasteiger partial charge in [-0.25, -0.2) is 4.79 Å². The molecule has 0 spiro atoms. The van der Waals surface area contributed by atoms with Crippen molar-refractivity contribution >= 4 is 23.7 Å². The highest BCUT2D eigenvalue weighted by atomic mass is 16.7. The number of amides is 1. The van der Waals surface area contributed by atoms with Crippen LogP contribution in [-0.4, -0.2) is 42.2 Å². The summed E-state index contributed by atoms with van der Waals surface area (Å²) < 4.78 is 21.8. The Labute approximate surface area is 183 Å². The molecule has 2 aliphatic rings. The SMILES string of the molecule is CC(C)[C@@H](NC(=O)COc1ccc2c(c1)OC(=Cc1ccc3c(c1)OCO3)C2=O)C(=O)O. The minimum Gasteiger partial charge on any atom is -0.484 e. The van der Waals surface area contributed by atoms with Gasteiger partial charge in [0.15, 0.2) is 23.9 Å². The van der Waals surface area contributed by atoms with Crippen molar-refractivity contribution in [3.63, 3.8) is 0 Å². The van der Waals surface area contributed by atoms with Gasteiger partial charge in [-0.05, 0) is 41.8 Å². The first-order valence-electron chi connectivity index (χ1n) is 9.94. The first-order chi connectivity index (χ1) is 15.3. The van der Waals surface area contributed by atoms with Crippen LogP contribution in [0.15, 0.2) is 42.2 Å². The summed E-state index contributed by atoms with van der Waals surface area (Å²) in [6, 6.07) is 8.91. The largest absolute Gasteiger partial charge is 0.484 e. The fourth-order valence-corrected chi connectivity index (χ4v) is 3.29. The number of allylic oxidation sites excluding steroid dienone is 1. The second kappa shape index (κ2) is 8.62. The molecular formula is C23H21NO8. The molecule has 2 N–H and O–H groups in total. The maximum absolute atomic E-state index is 12.7. The summed E-state index contributed by atoms with van der Waals surface area (Å²) in [5, 5.41) is 11.6. The molecule has 166 valence electrons. The first kappa shape index (κ1) is 21.2. The van der Waals surface area contributed by atoms with E-state index in [0.29, 0.717) is 28.6 Å². The Hall–Kier alpha value is -4.01. The number of carboxylic acid groups (broad SMARTS) is 1. The predicted molar refractivity (Wildman–Crippen MR) is 112 cm³/mol. The average Bonchev–Trinajstić information content (AvgIpc) is 3.34. The second-order valence-electron chi connectivity index (χ2n) is 7.63. The van der Waals surface area contributed by atoms with Gasteiger partial charge in [0.2, 0.25) is 12.6 Å². The van der Waals surface area contributed by atoms with Crippen LogP contribution in [0.25, 0.3) is 6.08 Å². The minimum absolute atomic E-state index is 0.148. The fourth-order valence-electron chi connectivity index (χ4n) is 3.29. The van der Waals surface area contributed by atoms with Crippen LogP contribution in [0.5, 0.6) is 23.0 Å². The van der Waals surface area contributed by atoms with E-state index >= 15 is 0 Å². The molecule has 2 heterocycles. The molecule has 0 saturated carbocycles. The van der Waals surface area contributed by atoms with E-state index < -0.39 is 17.9 Å². The van der Waals surface area contributed by atoms with Crippen LogP contribution in [0, 0.1) is 5.92 Å². The number of carbonyl (C=O) groups excluding carboxylic acids is 2. The Bertz CT molecular complexity index is 1120. The first-order valence-corrected chi connectivity index (χ1v) is 9.94. The number of Topliss-reactive ketones (excluding diaryl/α,β-unsaturated/α-hetero) is 1. The highest BCUT2D eigenvalue weighted by molar-refractivity contribution is 6.14. The van der Waals surface area contributed by atoms with E-state index in [1.54, 1.807) is 50.3 Å². The predicted octanol–water partition coefficient (Wildman–Crippen LogP) is 2.64. The van der Waals surface area contributed by atoms with Gasteiger partial charge in [-0.3, -0.25) is 9.59 Å². The topological polar surface area (TPSA) is 120 Å². The zero-order valence-corrected chi connectivity index (χ0v) is 17.4. The molecule has 0 fully saturated rings. The van der Waals surface area contributed by atoms with Gasteiger partial charge in [0.1, 0.15) is 17.5 Å². The van der Waals surface area contributed by atoms with Crippen molar-refractivity contribution in [3.8, 4) is 23.0 Å². The van der Waals surface area contributed by atoms with Crippen LogP contribution in [0.3, 0.4) is 0 Å². The van der Waals surface area contributed by atoms with Gasteiger partial charge >= 0.3 is 5.97 Å². The Kier molecular flexibility index (Phi) is 5.72. The van der Waals surface area contributed by atoms with Gasteiger partial charge in [0, 0.05) is 6.07 Å². The summed E-state index contributed by atoms with van der Waals surface area (Å²) in [6.45, 7) is 3.18. The molecule has 32 heavy (non-hydrogen) atoms. The summed E-state index contributed by atoms with van der Waals surface area (Å²) in [7, 11) is 0. The standard InChI is InChI=1S/C23H21NO8/c1-12(2)21(23(27)28)24-20(25)10-29-14-4-5-15-17(9-14)32-19(22(15)26)8-13-3-6-16-18(7-13)31-11-30-16/h3-9,12,21H,10-11H2,1-2H3,(H,24,25)(H,27,28)/t21-/m1/s1. The highest BCUT2D eigenvalue weighted by Crippen LogP contribution is 2.37. The number of hydrogen-bond donors (Lipinski definition) is 2. The fraction of sp³-hybridized carbons (Fsp3) is 0.261. The monoisotopic (exact) mass is 439 g/mol. The van der Waals surface area contributed by atoms with Crippen LogP contribution >= 0.6 is 0 Å². The van der Waals surface area contributed by atoms with Gasteiger partial charge in [-0.1, -0.05) is 19.9 Å². The summed E-state index contributed by atoms with van der Waals surface area (Å²) in [5.41, 5.74) is 1.09. The van der Waals surface area contributed by atoms with E-state index in [2.05, 4.69) is 5.32 Å². The van der Waals surface area contributed by atoms with E-state index in [-0.39, 0.29) is 30.9 Å². The molecule has 0 bridgehead atoms. The number of ketones is 1. The van der Waals surface area contributed by atoms with Crippen molar-refractivity contribution in [2.45, 2.75) is 19.9 Å². The summed E-state index contributed by atoms with van der Waals surface area (Å²) in [5.74, 6) is -0.213. The van der Waals surface area contributed by atoms with Crippen molar-refractivity contribution in [1.82, 2.24) is 5.32 Å².